The number of likely N-dealkylation sites (tertiary alicyclic amines) is 1. The number of rotatable bonds is 6. The number of carbonyl (C=O) groups is 1. The molecule has 29 heavy (non-hydrogen) atoms. The van der Waals surface area contributed by atoms with Crippen molar-refractivity contribution in [3.05, 3.63) is 65.7 Å². The van der Waals surface area contributed by atoms with E-state index in [1.165, 1.54) is 19.3 Å². The van der Waals surface area contributed by atoms with Gasteiger partial charge in [0.05, 0.1) is 24.9 Å². The molecule has 0 aromatic heterocycles. The molecular formula is C24H29N3O2. The van der Waals surface area contributed by atoms with Gasteiger partial charge >= 0.3 is 0 Å². The van der Waals surface area contributed by atoms with Gasteiger partial charge in [-0.15, -0.1) is 0 Å². The van der Waals surface area contributed by atoms with Crippen molar-refractivity contribution in [2.24, 2.45) is 5.10 Å². The van der Waals surface area contributed by atoms with Crippen LogP contribution in [0, 0.1) is 0 Å². The van der Waals surface area contributed by atoms with E-state index < -0.39 is 0 Å². The molecule has 0 saturated carbocycles. The third-order valence-corrected chi connectivity index (χ3v) is 5.66. The van der Waals surface area contributed by atoms with Crippen LogP contribution in [-0.4, -0.2) is 47.8 Å². The molecule has 0 radical (unpaired) electrons. The van der Waals surface area contributed by atoms with E-state index in [1.54, 1.807) is 5.01 Å². The highest BCUT2D eigenvalue weighted by Crippen LogP contribution is 2.33. The summed E-state index contributed by atoms with van der Waals surface area (Å²) in [7, 11) is 0. The number of carbonyl (C=O) groups excluding carboxylic acids is 1. The first kappa shape index (κ1) is 19.6. The Bertz CT molecular complexity index is 842. The number of hydrogen-bond acceptors (Lipinski definition) is 4. The number of nitrogens with zero attached hydrogens (tertiary/aromatic N) is 3. The fourth-order valence-corrected chi connectivity index (χ4v) is 4.14. The van der Waals surface area contributed by atoms with Gasteiger partial charge in [0.1, 0.15) is 5.75 Å². The van der Waals surface area contributed by atoms with Crippen LogP contribution in [0.15, 0.2) is 59.7 Å². The SMILES string of the molecule is CCOc1ccc(C2CC(c3ccccc3)=NN2C(=O)CN2CCCCC2)cc1. The highest BCUT2D eigenvalue weighted by atomic mass is 16.5. The number of amides is 1. The van der Waals surface area contributed by atoms with Crippen LogP contribution in [0.2, 0.25) is 0 Å². The molecule has 1 saturated heterocycles. The van der Waals surface area contributed by atoms with E-state index in [-0.39, 0.29) is 11.9 Å². The monoisotopic (exact) mass is 391 g/mol. The number of piperidine rings is 1. The molecule has 1 atom stereocenters. The maximum atomic E-state index is 13.2. The summed E-state index contributed by atoms with van der Waals surface area (Å²) in [5.41, 5.74) is 3.14. The molecule has 2 aromatic carbocycles. The zero-order valence-electron chi connectivity index (χ0n) is 17.1. The molecular weight excluding hydrogens is 362 g/mol. The predicted octanol–water partition coefficient (Wildman–Crippen LogP) is 4.25. The Morgan fingerprint density at radius 1 is 1.03 bits per heavy atom. The summed E-state index contributed by atoms with van der Waals surface area (Å²) in [4.78, 5) is 15.5. The molecule has 152 valence electrons. The lowest BCUT2D eigenvalue weighted by atomic mass is 9.98. The van der Waals surface area contributed by atoms with Crippen LogP contribution in [0.3, 0.4) is 0 Å². The van der Waals surface area contributed by atoms with Crippen LogP contribution in [-0.2, 0) is 4.79 Å². The maximum absolute atomic E-state index is 13.2. The lowest BCUT2D eigenvalue weighted by Gasteiger charge is -2.29. The van der Waals surface area contributed by atoms with Crippen molar-refractivity contribution in [1.82, 2.24) is 9.91 Å². The smallest absolute Gasteiger partial charge is 0.257 e. The number of hydrazone groups is 1. The Morgan fingerprint density at radius 3 is 2.45 bits per heavy atom. The van der Waals surface area contributed by atoms with Gasteiger partial charge in [-0.3, -0.25) is 9.69 Å². The standard InChI is InChI=1S/C24H29N3O2/c1-2-29-21-13-11-20(12-14-21)23-17-22(19-9-5-3-6-10-19)25-27(23)24(28)18-26-15-7-4-8-16-26/h3,5-6,9-14,23H,2,4,7-8,15-18H2,1H3. The van der Waals surface area contributed by atoms with Crippen LogP contribution >= 0.6 is 0 Å². The Hall–Kier alpha value is -2.66. The second kappa shape index (κ2) is 9.23. The fourth-order valence-electron chi connectivity index (χ4n) is 4.14. The number of benzene rings is 2. The summed E-state index contributed by atoms with van der Waals surface area (Å²) < 4.78 is 5.57. The van der Waals surface area contributed by atoms with Crippen LogP contribution in [0.4, 0.5) is 0 Å². The summed E-state index contributed by atoms with van der Waals surface area (Å²) >= 11 is 0. The molecule has 4 rings (SSSR count). The molecule has 0 spiro atoms. The van der Waals surface area contributed by atoms with Gasteiger partial charge in [0.25, 0.3) is 5.91 Å². The van der Waals surface area contributed by atoms with Crippen molar-refractivity contribution in [3.8, 4) is 5.75 Å². The molecule has 5 heteroatoms. The molecule has 0 aliphatic carbocycles. The maximum Gasteiger partial charge on any atom is 0.257 e. The van der Waals surface area contributed by atoms with Crippen LogP contribution in [0.25, 0.3) is 0 Å². The lowest BCUT2D eigenvalue weighted by Crippen LogP contribution is -2.40. The quantitative estimate of drug-likeness (QED) is 0.740. The van der Waals surface area contributed by atoms with Crippen LogP contribution in [0.1, 0.15) is 49.8 Å². The molecule has 1 fully saturated rings. The Kier molecular flexibility index (Phi) is 6.25. The third-order valence-electron chi connectivity index (χ3n) is 5.66. The summed E-state index contributed by atoms with van der Waals surface area (Å²) in [6.07, 6.45) is 4.34. The van der Waals surface area contributed by atoms with Gasteiger partial charge in [-0.2, -0.15) is 5.10 Å². The van der Waals surface area contributed by atoms with E-state index in [1.807, 2.05) is 37.3 Å². The second-order valence-electron chi connectivity index (χ2n) is 7.71. The zero-order valence-corrected chi connectivity index (χ0v) is 17.1. The average Bonchev–Trinajstić information content (AvgIpc) is 3.22. The van der Waals surface area contributed by atoms with Gasteiger partial charge in [-0.05, 0) is 56.1 Å². The second-order valence-corrected chi connectivity index (χ2v) is 7.71. The summed E-state index contributed by atoms with van der Waals surface area (Å²) in [5, 5.41) is 6.50. The minimum Gasteiger partial charge on any atom is -0.494 e. The molecule has 2 heterocycles. The number of hydrogen-bond donors (Lipinski definition) is 0. The van der Waals surface area contributed by atoms with Gasteiger partial charge < -0.3 is 4.74 Å². The Morgan fingerprint density at radius 2 is 1.76 bits per heavy atom. The highest BCUT2D eigenvalue weighted by molar-refractivity contribution is 6.03. The van der Waals surface area contributed by atoms with Crippen LogP contribution < -0.4 is 4.74 Å². The minimum absolute atomic E-state index is 0.0711. The first-order chi connectivity index (χ1) is 14.2. The van der Waals surface area contributed by atoms with Gasteiger partial charge in [-0.25, -0.2) is 5.01 Å². The molecule has 5 nitrogen and oxygen atoms in total. The largest absolute Gasteiger partial charge is 0.494 e. The van der Waals surface area contributed by atoms with Crippen molar-refractivity contribution in [1.29, 1.82) is 0 Å². The van der Waals surface area contributed by atoms with E-state index in [4.69, 9.17) is 9.84 Å². The molecule has 2 aliphatic heterocycles. The van der Waals surface area contributed by atoms with Crippen molar-refractivity contribution in [2.75, 3.05) is 26.2 Å². The first-order valence-corrected chi connectivity index (χ1v) is 10.6. The summed E-state index contributed by atoms with van der Waals surface area (Å²) in [6, 6.07) is 18.2. The van der Waals surface area contributed by atoms with E-state index in [0.717, 1.165) is 42.1 Å². The third kappa shape index (κ3) is 4.67. The first-order valence-electron chi connectivity index (χ1n) is 10.6. The fraction of sp³-hybridized carbons (Fsp3) is 0.417. The van der Waals surface area contributed by atoms with E-state index in [0.29, 0.717) is 13.2 Å². The van der Waals surface area contributed by atoms with E-state index >= 15 is 0 Å². The van der Waals surface area contributed by atoms with Crippen LogP contribution in [0.5, 0.6) is 5.75 Å². The topological polar surface area (TPSA) is 45.1 Å². The summed E-state index contributed by atoms with van der Waals surface area (Å²) in [5.74, 6) is 0.932. The highest BCUT2D eigenvalue weighted by Gasteiger charge is 2.33. The van der Waals surface area contributed by atoms with Crippen molar-refractivity contribution >= 4 is 11.6 Å². The van der Waals surface area contributed by atoms with Crippen molar-refractivity contribution in [2.45, 2.75) is 38.6 Å². The van der Waals surface area contributed by atoms with E-state index in [9.17, 15) is 4.79 Å². The Balaban J connectivity index is 1.57. The van der Waals surface area contributed by atoms with Crippen molar-refractivity contribution in [3.63, 3.8) is 0 Å². The molecule has 1 amide bonds. The molecule has 2 aliphatic rings. The van der Waals surface area contributed by atoms with Gasteiger partial charge in [0.2, 0.25) is 0 Å². The normalized spacial score (nSPS) is 19.8. The van der Waals surface area contributed by atoms with Gasteiger partial charge in [0.15, 0.2) is 0 Å². The zero-order chi connectivity index (χ0) is 20.1. The van der Waals surface area contributed by atoms with Gasteiger partial charge in [0, 0.05) is 6.42 Å². The minimum atomic E-state index is -0.0711. The molecule has 0 N–H and O–H groups in total. The molecule has 0 bridgehead atoms. The molecule has 1 unspecified atom stereocenters. The predicted molar refractivity (Wildman–Crippen MR) is 115 cm³/mol. The van der Waals surface area contributed by atoms with Gasteiger partial charge in [-0.1, -0.05) is 48.9 Å². The summed E-state index contributed by atoms with van der Waals surface area (Å²) in [6.45, 7) is 5.07. The number of ether oxygens (including phenoxy) is 1. The molecule has 2 aromatic rings. The lowest BCUT2D eigenvalue weighted by molar-refractivity contribution is -0.134. The Labute approximate surface area is 173 Å². The average molecular weight is 392 g/mol. The van der Waals surface area contributed by atoms with Crippen molar-refractivity contribution < 1.29 is 9.53 Å². The van der Waals surface area contributed by atoms with E-state index in [2.05, 4.69) is 29.2 Å².